The second kappa shape index (κ2) is 6.37. The van der Waals surface area contributed by atoms with Crippen LogP contribution in [0.2, 0.25) is 0 Å². The van der Waals surface area contributed by atoms with Gasteiger partial charge >= 0.3 is 0 Å². The Kier molecular flexibility index (Phi) is 4.48. The van der Waals surface area contributed by atoms with E-state index in [1.807, 2.05) is 0 Å². The van der Waals surface area contributed by atoms with Gasteiger partial charge in [0.15, 0.2) is 11.6 Å². The van der Waals surface area contributed by atoms with Crippen LogP contribution >= 0.6 is 0 Å². The zero-order chi connectivity index (χ0) is 15.7. The molecular formula is C18H26N2O2. The number of carbonyl (C=O) groups excluding carboxylic acids is 2. The predicted octanol–water partition coefficient (Wildman–Crippen LogP) is 2.56. The lowest BCUT2D eigenvalue weighted by Gasteiger charge is -2.34. The molecule has 0 spiro atoms. The van der Waals surface area contributed by atoms with Crippen molar-refractivity contribution in [3.63, 3.8) is 0 Å². The van der Waals surface area contributed by atoms with Crippen molar-refractivity contribution in [1.29, 1.82) is 0 Å². The van der Waals surface area contributed by atoms with Gasteiger partial charge in [-0.15, -0.1) is 0 Å². The number of rotatable bonds is 4. The molecule has 120 valence electrons. The fourth-order valence-corrected chi connectivity index (χ4v) is 3.85. The Morgan fingerprint density at radius 2 is 1.86 bits per heavy atom. The molecule has 1 unspecified atom stereocenters. The van der Waals surface area contributed by atoms with Gasteiger partial charge < -0.3 is 10.2 Å². The van der Waals surface area contributed by atoms with Crippen molar-refractivity contribution in [1.82, 2.24) is 10.2 Å². The molecule has 1 heterocycles. The molecule has 3 aliphatic rings. The van der Waals surface area contributed by atoms with Gasteiger partial charge in [0, 0.05) is 41.3 Å². The number of Topliss-reactive ketones (excluding diaryl/α,β-unsaturated/α-hetero) is 2. The maximum absolute atomic E-state index is 12.8. The van der Waals surface area contributed by atoms with Crippen LogP contribution in [0.1, 0.15) is 51.4 Å². The number of dihydropyridines is 1. The minimum absolute atomic E-state index is 0.154. The number of hydrogen-bond donors (Lipinski definition) is 1. The Balaban J connectivity index is 1.68. The Labute approximate surface area is 132 Å². The highest BCUT2D eigenvalue weighted by Gasteiger charge is 2.35. The lowest BCUT2D eigenvalue weighted by atomic mass is 9.77. The molecule has 0 saturated heterocycles. The van der Waals surface area contributed by atoms with E-state index in [1.54, 1.807) is 0 Å². The molecule has 4 nitrogen and oxygen atoms in total. The Morgan fingerprint density at radius 1 is 1.09 bits per heavy atom. The van der Waals surface area contributed by atoms with Crippen LogP contribution in [-0.2, 0) is 9.59 Å². The zero-order valence-corrected chi connectivity index (χ0v) is 13.7. The summed E-state index contributed by atoms with van der Waals surface area (Å²) in [5.74, 6) is 0.682. The van der Waals surface area contributed by atoms with Crippen molar-refractivity contribution in [3.05, 3.63) is 22.5 Å². The fourth-order valence-electron chi connectivity index (χ4n) is 3.85. The van der Waals surface area contributed by atoms with Gasteiger partial charge in [-0.3, -0.25) is 9.59 Å². The normalized spacial score (nSPS) is 25.3. The molecule has 3 rings (SSSR count). The van der Waals surface area contributed by atoms with E-state index in [4.69, 9.17) is 0 Å². The minimum Gasteiger partial charge on any atom is -0.362 e. The second-order valence-electron chi connectivity index (χ2n) is 7.04. The van der Waals surface area contributed by atoms with E-state index in [9.17, 15) is 9.59 Å². The molecule has 1 atom stereocenters. The summed E-state index contributed by atoms with van der Waals surface area (Å²) >= 11 is 0. The first-order chi connectivity index (χ1) is 10.6. The van der Waals surface area contributed by atoms with Crippen molar-refractivity contribution in [3.8, 4) is 0 Å². The molecule has 0 saturated carbocycles. The Morgan fingerprint density at radius 3 is 2.64 bits per heavy atom. The van der Waals surface area contributed by atoms with Gasteiger partial charge in [-0.25, -0.2) is 0 Å². The zero-order valence-electron chi connectivity index (χ0n) is 13.7. The van der Waals surface area contributed by atoms with Crippen LogP contribution in [0.25, 0.3) is 0 Å². The van der Waals surface area contributed by atoms with E-state index >= 15 is 0 Å². The van der Waals surface area contributed by atoms with Gasteiger partial charge in [0.2, 0.25) is 0 Å². The summed E-state index contributed by atoms with van der Waals surface area (Å²) in [4.78, 5) is 27.0. The summed E-state index contributed by atoms with van der Waals surface area (Å²) in [6, 6.07) is 0. The van der Waals surface area contributed by atoms with Crippen molar-refractivity contribution < 1.29 is 9.59 Å². The van der Waals surface area contributed by atoms with Gasteiger partial charge in [-0.1, -0.05) is 0 Å². The van der Waals surface area contributed by atoms with Crippen LogP contribution in [0.3, 0.4) is 0 Å². The molecule has 0 bridgehead atoms. The Hall–Kier alpha value is -1.42. The average Bonchev–Trinajstić information content (AvgIpc) is 2.48. The first-order valence-electron chi connectivity index (χ1n) is 8.49. The highest BCUT2D eigenvalue weighted by molar-refractivity contribution is 6.04. The second-order valence-corrected chi connectivity index (χ2v) is 7.04. The van der Waals surface area contributed by atoms with E-state index in [0.717, 1.165) is 67.6 Å². The molecule has 0 aromatic carbocycles. The number of carbonyl (C=O) groups is 2. The van der Waals surface area contributed by atoms with Crippen LogP contribution in [0.5, 0.6) is 0 Å². The third-order valence-electron chi connectivity index (χ3n) is 5.12. The van der Waals surface area contributed by atoms with Crippen LogP contribution in [0.15, 0.2) is 22.5 Å². The van der Waals surface area contributed by atoms with Crippen molar-refractivity contribution in [2.24, 2.45) is 5.92 Å². The molecule has 0 fully saturated rings. The van der Waals surface area contributed by atoms with E-state index in [1.165, 1.54) is 0 Å². The molecule has 1 N–H and O–H groups in total. The fraction of sp³-hybridized carbons (Fsp3) is 0.667. The summed E-state index contributed by atoms with van der Waals surface area (Å²) in [7, 11) is 4.13. The number of hydrogen-bond acceptors (Lipinski definition) is 4. The van der Waals surface area contributed by atoms with E-state index in [-0.39, 0.29) is 17.5 Å². The first kappa shape index (κ1) is 15.5. The van der Waals surface area contributed by atoms with E-state index in [0.29, 0.717) is 12.8 Å². The molecule has 4 heteroatoms. The average molecular weight is 302 g/mol. The Bertz CT molecular complexity index is 557. The van der Waals surface area contributed by atoms with Crippen LogP contribution in [0.4, 0.5) is 0 Å². The summed E-state index contributed by atoms with van der Waals surface area (Å²) in [5, 5.41) is 3.42. The molecule has 0 aromatic rings. The van der Waals surface area contributed by atoms with Gasteiger partial charge in [0.1, 0.15) is 0 Å². The predicted molar refractivity (Wildman–Crippen MR) is 86.2 cm³/mol. The third kappa shape index (κ3) is 3.02. The van der Waals surface area contributed by atoms with Crippen molar-refractivity contribution >= 4 is 11.6 Å². The maximum atomic E-state index is 12.8. The lowest BCUT2D eigenvalue weighted by molar-refractivity contribution is -0.120. The highest BCUT2D eigenvalue weighted by atomic mass is 16.1. The standard InChI is InChI=1S/C18H26N2O2/c1-20(2)10-4-5-12-8-9-16-14(18(12)22)11-13-15(19-16)6-3-7-17(13)21/h12,19H,3-11H2,1-2H3. The number of allylic oxidation sites excluding steroid dienone is 4. The van der Waals surface area contributed by atoms with Crippen LogP contribution < -0.4 is 5.32 Å². The molecule has 0 radical (unpaired) electrons. The van der Waals surface area contributed by atoms with Crippen LogP contribution in [-0.4, -0.2) is 37.1 Å². The molecule has 22 heavy (non-hydrogen) atoms. The highest BCUT2D eigenvalue weighted by Crippen LogP contribution is 2.38. The molecule has 2 aliphatic carbocycles. The minimum atomic E-state index is 0.154. The van der Waals surface area contributed by atoms with Gasteiger partial charge in [-0.05, 0) is 59.2 Å². The number of nitrogens with zero attached hydrogens (tertiary/aromatic N) is 1. The van der Waals surface area contributed by atoms with E-state index in [2.05, 4.69) is 24.3 Å². The van der Waals surface area contributed by atoms with Gasteiger partial charge in [0.05, 0.1) is 0 Å². The summed E-state index contributed by atoms with van der Waals surface area (Å²) < 4.78 is 0. The quantitative estimate of drug-likeness (QED) is 0.867. The third-order valence-corrected chi connectivity index (χ3v) is 5.12. The smallest absolute Gasteiger partial charge is 0.164 e. The molecule has 1 aliphatic heterocycles. The van der Waals surface area contributed by atoms with Crippen molar-refractivity contribution in [2.75, 3.05) is 20.6 Å². The number of nitrogens with one attached hydrogen (secondary N) is 1. The summed E-state index contributed by atoms with van der Waals surface area (Å²) in [6.07, 6.45) is 7.06. The van der Waals surface area contributed by atoms with Gasteiger partial charge in [0.25, 0.3) is 0 Å². The first-order valence-corrected chi connectivity index (χ1v) is 8.49. The largest absolute Gasteiger partial charge is 0.362 e. The monoisotopic (exact) mass is 302 g/mol. The topological polar surface area (TPSA) is 49.4 Å². The lowest BCUT2D eigenvalue weighted by Crippen LogP contribution is -2.34. The molecule has 0 aromatic heterocycles. The van der Waals surface area contributed by atoms with Crippen LogP contribution in [0, 0.1) is 5.92 Å². The number of ketones is 2. The summed E-state index contributed by atoms with van der Waals surface area (Å²) in [5.41, 5.74) is 3.97. The van der Waals surface area contributed by atoms with Gasteiger partial charge in [-0.2, -0.15) is 0 Å². The van der Waals surface area contributed by atoms with Crippen molar-refractivity contribution in [2.45, 2.75) is 51.4 Å². The summed E-state index contributed by atoms with van der Waals surface area (Å²) in [6.45, 7) is 1.03. The SMILES string of the molecule is CN(C)CCCC1CCC2=C(CC3=C(CCCC3=O)N2)C1=O. The molecular weight excluding hydrogens is 276 g/mol. The molecule has 0 amide bonds. The maximum Gasteiger partial charge on any atom is 0.164 e. The van der Waals surface area contributed by atoms with E-state index < -0.39 is 0 Å².